The summed E-state index contributed by atoms with van der Waals surface area (Å²) >= 11 is 0. The highest BCUT2D eigenvalue weighted by atomic mass is 19.4. The number of anilines is 2. The molecule has 0 fully saturated rings. The van der Waals surface area contributed by atoms with Gasteiger partial charge in [0.25, 0.3) is 0 Å². The summed E-state index contributed by atoms with van der Waals surface area (Å²) in [5.74, 6) is -2.08. The van der Waals surface area contributed by atoms with Crippen molar-refractivity contribution < 1.29 is 17.6 Å². The number of nitriles is 1. The zero-order valence-electron chi connectivity index (χ0n) is 10.2. The Balaban J connectivity index is 2.89. The van der Waals surface area contributed by atoms with Crippen LogP contribution in [0.3, 0.4) is 0 Å². The maximum atomic E-state index is 13.9. The Morgan fingerprint density at radius 1 is 1.14 bits per heavy atom. The van der Waals surface area contributed by atoms with Crippen molar-refractivity contribution in [2.45, 2.75) is 6.18 Å². The zero-order valence-corrected chi connectivity index (χ0v) is 10.2. The molecule has 1 heterocycles. The molecule has 0 aliphatic rings. The number of aromatic nitrogens is 2. The molecule has 4 N–H and O–H groups in total. The first-order valence-corrected chi connectivity index (χ1v) is 5.45. The van der Waals surface area contributed by atoms with Gasteiger partial charge in [-0.1, -0.05) is 6.07 Å². The van der Waals surface area contributed by atoms with Crippen LogP contribution in [0, 0.1) is 17.1 Å². The average molecular weight is 297 g/mol. The minimum Gasteiger partial charge on any atom is -0.382 e. The first kappa shape index (κ1) is 14.5. The van der Waals surface area contributed by atoms with Gasteiger partial charge in [0, 0.05) is 5.56 Å². The Morgan fingerprint density at radius 2 is 1.81 bits per heavy atom. The standard InChI is InChI=1S/C12H7F4N5/c13-7-3-1-2-6(12(14,15)16)8(7)9-5(4-17)10(18)21-11(19)20-9/h1-3H,(H4,18,19,20,21). The second kappa shape index (κ2) is 4.90. The SMILES string of the molecule is N#Cc1c(N)nc(N)nc1-c1c(F)cccc1C(F)(F)F. The van der Waals surface area contributed by atoms with Gasteiger partial charge in [-0.3, -0.25) is 0 Å². The predicted molar refractivity (Wildman–Crippen MR) is 66.0 cm³/mol. The number of benzene rings is 1. The highest BCUT2D eigenvalue weighted by molar-refractivity contribution is 5.76. The van der Waals surface area contributed by atoms with Gasteiger partial charge in [-0.15, -0.1) is 0 Å². The van der Waals surface area contributed by atoms with Gasteiger partial charge in [-0.25, -0.2) is 9.37 Å². The number of hydrogen-bond donors (Lipinski definition) is 2. The third-order valence-electron chi connectivity index (χ3n) is 2.62. The lowest BCUT2D eigenvalue weighted by Gasteiger charge is -2.14. The Labute approximate surface area is 115 Å². The Morgan fingerprint density at radius 3 is 2.38 bits per heavy atom. The minimum absolute atomic E-state index is 0.420. The van der Waals surface area contributed by atoms with Gasteiger partial charge < -0.3 is 11.5 Å². The van der Waals surface area contributed by atoms with Gasteiger partial charge >= 0.3 is 6.18 Å². The van der Waals surface area contributed by atoms with Crippen LogP contribution >= 0.6 is 0 Å². The van der Waals surface area contributed by atoms with Crippen molar-refractivity contribution >= 4 is 11.8 Å². The van der Waals surface area contributed by atoms with E-state index in [1.54, 1.807) is 6.07 Å². The molecule has 21 heavy (non-hydrogen) atoms. The summed E-state index contributed by atoms with van der Waals surface area (Å²) in [5.41, 5.74) is 7.51. The second-order valence-corrected chi connectivity index (χ2v) is 3.96. The summed E-state index contributed by atoms with van der Waals surface area (Å²) in [4.78, 5) is 7.00. The summed E-state index contributed by atoms with van der Waals surface area (Å²) in [6, 6.07) is 3.95. The lowest BCUT2D eigenvalue weighted by Crippen LogP contribution is -2.12. The largest absolute Gasteiger partial charge is 0.417 e. The first-order chi connectivity index (χ1) is 9.75. The topological polar surface area (TPSA) is 102 Å². The van der Waals surface area contributed by atoms with Crippen molar-refractivity contribution in [1.82, 2.24) is 9.97 Å². The van der Waals surface area contributed by atoms with Crippen LogP contribution in [0.4, 0.5) is 29.3 Å². The van der Waals surface area contributed by atoms with Crippen LogP contribution in [0.25, 0.3) is 11.3 Å². The summed E-state index contributed by atoms with van der Waals surface area (Å²) in [5, 5.41) is 8.98. The molecule has 0 saturated heterocycles. The fraction of sp³-hybridized carbons (Fsp3) is 0.0833. The molecular formula is C12H7F4N5. The van der Waals surface area contributed by atoms with Gasteiger partial charge in [0.2, 0.25) is 5.95 Å². The highest BCUT2D eigenvalue weighted by Crippen LogP contribution is 2.39. The number of rotatable bonds is 1. The molecule has 1 aromatic heterocycles. The van der Waals surface area contributed by atoms with Gasteiger partial charge in [-0.2, -0.15) is 23.4 Å². The molecule has 108 valence electrons. The van der Waals surface area contributed by atoms with E-state index in [4.69, 9.17) is 16.7 Å². The fourth-order valence-corrected chi connectivity index (χ4v) is 1.79. The maximum Gasteiger partial charge on any atom is 0.417 e. The van der Waals surface area contributed by atoms with Crippen molar-refractivity contribution in [3.05, 3.63) is 35.1 Å². The molecule has 0 aliphatic carbocycles. The van der Waals surface area contributed by atoms with Crippen molar-refractivity contribution in [1.29, 1.82) is 5.26 Å². The van der Waals surface area contributed by atoms with E-state index in [-0.39, 0.29) is 0 Å². The van der Waals surface area contributed by atoms with Crippen LogP contribution in [-0.2, 0) is 6.18 Å². The van der Waals surface area contributed by atoms with Crippen LogP contribution in [0.1, 0.15) is 11.1 Å². The number of alkyl halides is 3. The smallest absolute Gasteiger partial charge is 0.382 e. The van der Waals surface area contributed by atoms with Crippen LogP contribution < -0.4 is 11.5 Å². The number of nitrogens with two attached hydrogens (primary N) is 2. The van der Waals surface area contributed by atoms with E-state index in [1.165, 1.54) is 0 Å². The van der Waals surface area contributed by atoms with Crippen LogP contribution in [-0.4, -0.2) is 9.97 Å². The Hall–Kier alpha value is -2.89. The molecule has 5 nitrogen and oxygen atoms in total. The molecule has 0 bridgehead atoms. The number of halogens is 4. The molecule has 0 radical (unpaired) electrons. The monoisotopic (exact) mass is 297 g/mol. The molecule has 0 atom stereocenters. The van der Waals surface area contributed by atoms with Crippen molar-refractivity contribution in [2.24, 2.45) is 0 Å². The molecule has 2 rings (SSSR count). The van der Waals surface area contributed by atoms with Crippen LogP contribution in [0.15, 0.2) is 18.2 Å². The van der Waals surface area contributed by atoms with Crippen molar-refractivity contribution in [3.63, 3.8) is 0 Å². The molecule has 1 aromatic carbocycles. The van der Waals surface area contributed by atoms with E-state index < -0.39 is 46.1 Å². The molecule has 0 spiro atoms. The fourth-order valence-electron chi connectivity index (χ4n) is 1.79. The van der Waals surface area contributed by atoms with Gasteiger partial charge in [-0.05, 0) is 12.1 Å². The molecule has 2 aromatic rings. The molecular weight excluding hydrogens is 290 g/mol. The normalized spacial score (nSPS) is 11.2. The minimum atomic E-state index is -4.83. The molecule has 0 saturated carbocycles. The van der Waals surface area contributed by atoms with Crippen molar-refractivity contribution in [2.75, 3.05) is 11.5 Å². The third-order valence-corrected chi connectivity index (χ3v) is 2.62. The van der Waals surface area contributed by atoms with E-state index in [0.717, 1.165) is 12.1 Å². The Bertz CT molecular complexity index is 749. The molecule has 0 aliphatic heterocycles. The van der Waals surface area contributed by atoms with Crippen LogP contribution in [0.2, 0.25) is 0 Å². The lowest BCUT2D eigenvalue weighted by molar-refractivity contribution is -0.137. The zero-order chi connectivity index (χ0) is 15.8. The third kappa shape index (κ3) is 2.55. The highest BCUT2D eigenvalue weighted by Gasteiger charge is 2.36. The van der Waals surface area contributed by atoms with E-state index in [9.17, 15) is 17.6 Å². The van der Waals surface area contributed by atoms with Crippen LogP contribution in [0.5, 0.6) is 0 Å². The predicted octanol–water partition coefficient (Wildman–Crippen LogP) is 2.34. The number of nitrogens with zero attached hydrogens (tertiary/aromatic N) is 3. The van der Waals surface area contributed by atoms with E-state index >= 15 is 0 Å². The Kier molecular flexibility index (Phi) is 3.39. The van der Waals surface area contributed by atoms with E-state index in [2.05, 4.69) is 9.97 Å². The van der Waals surface area contributed by atoms with E-state index in [1.807, 2.05) is 0 Å². The summed E-state index contributed by atoms with van der Waals surface area (Å²) < 4.78 is 52.9. The average Bonchev–Trinajstić information content (AvgIpc) is 2.36. The van der Waals surface area contributed by atoms with Crippen molar-refractivity contribution in [3.8, 4) is 17.3 Å². The number of nitrogen functional groups attached to an aromatic ring is 2. The molecule has 0 amide bonds. The second-order valence-electron chi connectivity index (χ2n) is 3.96. The lowest BCUT2D eigenvalue weighted by atomic mass is 10.00. The number of hydrogen-bond acceptors (Lipinski definition) is 5. The van der Waals surface area contributed by atoms with Gasteiger partial charge in [0.15, 0.2) is 0 Å². The quantitative estimate of drug-likeness (QED) is 0.787. The molecule has 9 heteroatoms. The van der Waals surface area contributed by atoms with Gasteiger partial charge in [0.05, 0.1) is 11.3 Å². The van der Waals surface area contributed by atoms with E-state index in [0.29, 0.717) is 6.07 Å². The summed E-state index contributed by atoms with van der Waals surface area (Å²) in [6.07, 6.45) is -4.83. The summed E-state index contributed by atoms with van der Waals surface area (Å²) in [7, 11) is 0. The molecule has 0 unspecified atom stereocenters. The summed E-state index contributed by atoms with van der Waals surface area (Å²) in [6.45, 7) is 0. The van der Waals surface area contributed by atoms with Gasteiger partial charge in [0.1, 0.15) is 23.3 Å². The maximum absolute atomic E-state index is 13.9. The first-order valence-electron chi connectivity index (χ1n) is 5.45.